The minimum Gasteiger partial charge on any atom is -0.324 e. The third kappa shape index (κ3) is 4.49. The Labute approximate surface area is 125 Å². The molecule has 20 heavy (non-hydrogen) atoms. The van der Waals surface area contributed by atoms with E-state index in [9.17, 15) is 4.79 Å². The zero-order chi connectivity index (χ0) is 15.5. The van der Waals surface area contributed by atoms with Crippen molar-refractivity contribution >= 4 is 23.4 Å². The molecule has 0 saturated heterocycles. The fraction of sp³-hybridized carbons (Fsp3) is 0.500. The zero-order valence-electron chi connectivity index (χ0n) is 12.6. The SMILES string of the molecule is C=C(C)CN(C)C(=O)Nc1cc(C(C)(C)C)c(Cl)nn1. The first-order chi connectivity index (χ1) is 9.11. The summed E-state index contributed by atoms with van der Waals surface area (Å²) < 4.78 is 0. The molecule has 2 amide bonds. The number of carbonyl (C=O) groups is 1. The Morgan fingerprint density at radius 2 is 2.05 bits per heavy atom. The number of hydrogen-bond donors (Lipinski definition) is 1. The van der Waals surface area contributed by atoms with Crippen LogP contribution < -0.4 is 5.32 Å². The Balaban J connectivity index is 2.89. The third-order valence-corrected chi connectivity index (χ3v) is 2.92. The fourth-order valence-corrected chi connectivity index (χ4v) is 2.02. The summed E-state index contributed by atoms with van der Waals surface area (Å²) in [7, 11) is 1.69. The number of hydrogen-bond acceptors (Lipinski definition) is 3. The monoisotopic (exact) mass is 296 g/mol. The summed E-state index contributed by atoms with van der Waals surface area (Å²) in [5.41, 5.74) is 1.57. The van der Waals surface area contributed by atoms with Crippen LogP contribution in [0, 0.1) is 0 Å². The summed E-state index contributed by atoms with van der Waals surface area (Å²) in [5, 5.41) is 10.8. The average molecular weight is 297 g/mol. The van der Waals surface area contributed by atoms with Gasteiger partial charge in [0.25, 0.3) is 0 Å². The smallest absolute Gasteiger partial charge is 0.323 e. The van der Waals surface area contributed by atoms with E-state index in [1.807, 2.05) is 27.7 Å². The Morgan fingerprint density at radius 1 is 1.45 bits per heavy atom. The molecule has 0 aliphatic heterocycles. The topological polar surface area (TPSA) is 58.1 Å². The molecule has 0 aliphatic rings. The van der Waals surface area contributed by atoms with Gasteiger partial charge in [0.2, 0.25) is 0 Å². The molecular formula is C14H21ClN4O. The van der Waals surface area contributed by atoms with E-state index in [1.54, 1.807) is 13.1 Å². The van der Waals surface area contributed by atoms with Gasteiger partial charge in [0.15, 0.2) is 11.0 Å². The minimum absolute atomic E-state index is 0.171. The molecule has 1 rings (SSSR count). The first-order valence-electron chi connectivity index (χ1n) is 6.31. The highest BCUT2D eigenvalue weighted by atomic mass is 35.5. The standard InChI is InChI=1S/C14H21ClN4O/c1-9(2)8-19(6)13(20)16-11-7-10(14(3,4)5)12(15)18-17-11/h7H,1,8H2,2-6H3,(H,16,17,20). The lowest BCUT2D eigenvalue weighted by Gasteiger charge is -2.21. The van der Waals surface area contributed by atoms with Crippen LogP contribution in [0.1, 0.15) is 33.3 Å². The summed E-state index contributed by atoms with van der Waals surface area (Å²) >= 11 is 6.04. The molecule has 0 saturated carbocycles. The van der Waals surface area contributed by atoms with Crippen LogP contribution in [0.2, 0.25) is 5.15 Å². The van der Waals surface area contributed by atoms with Gasteiger partial charge in [0.05, 0.1) is 0 Å². The van der Waals surface area contributed by atoms with Crippen LogP contribution in [0.15, 0.2) is 18.2 Å². The van der Waals surface area contributed by atoms with Crippen molar-refractivity contribution in [2.75, 3.05) is 18.9 Å². The van der Waals surface area contributed by atoms with Gasteiger partial charge in [-0.2, -0.15) is 0 Å². The minimum atomic E-state index is -0.260. The fourth-order valence-electron chi connectivity index (χ4n) is 1.65. The maximum absolute atomic E-state index is 12.0. The number of nitrogens with one attached hydrogen (secondary N) is 1. The van der Waals surface area contributed by atoms with E-state index in [0.29, 0.717) is 17.5 Å². The van der Waals surface area contributed by atoms with E-state index >= 15 is 0 Å². The molecule has 0 radical (unpaired) electrons. The highest BCUT2D eigenvalue weighted by molar-refractivity contribution is 6.30. The lowest BCUT2D eigenvalue weighted by molar-refractivity contribution is 0.225. The molecule has 0 aliphatic carbocycles. The number of urea groups is 1. The number of halogens is 1. The Morgan fingerprint density at radius 3 is 2.55 bits per heavy atom. The van der Waals surface area contributed by atoms with E-state index in [2.05, 4.69) is 22.1 Å². The van der Waals surface area contributed by atoms with Crippen molar-refractivity contribution in [1.29, 1.82) is 0 Å². The van der Waals surface area contributed by atoms with E-state index in [4.69, 9.17) is 11.6 Å². The van der Waals surface area contributed by atoms with E-state index in [-0.39, 0.29) is 11.4 Å². The second-order valence-electron chi connectivity index (χ2n) is 5.93. The number of rotatable bonds is 3. The van der Waals surface area contributed by atoms with Crippen LogP contribution in [0.25, 0.3) is 0 Å². The van der Waals surface area contributed by atoms with Gasteiger partial charge in [-0.1, -0.05) is 44.5 Å². The van der Waals surface area contributed by atoms with Crippen LogP contribution in [0.3, 0.4) is 0 Å². The molecule has 0 spiro atoms. The van der Waals surface area contributed by atoms with Crippen LogP contribution in [0.5, 0.6) is 0 Å². The van der Waals surface area contributed by atoms with Crippen molar-refractivity contribution < 1.29 is 4.79 Å². The number of nitrogens with zero attached hydrogens (tertiary/aromatic N) is 3. The lowest BCUT2D eigenvalue weighted by Crippen LogP contribution is -2.33. The van der Waals surface area contributed by atoms with Crippen LogP contribution in [-0.4, -0.2) is 34.7 Å². The summed E-state index contributed by atoms with van der Waals surface area (Å²) in [6, 6.07) is 1.49. The summed E-state index contributed by atoms with van der Waals surface area (Å²) in [4.78, 5) is 13.5. The van der Waals surface area contributed by atoms with Crippen molar-refractivity contribution in [3.05, 3.63) is 28.9 Å². The van der Waals surface area contributed by atoms with Crippen molar-refractivity contribution in [3.63, 3.8) is 0 Å². The molecule has 6 heteroatoms. The van der Waals surface area contributed by atoms with Gasteiger partial charge in [-0.15, -0.1) is 10.2 Å². The van der Waals surface area contributed by atoms with Crippen molar-refractivity contribution in [2.24, 2.45) is 0 Å². The molecule has 0 atom stereocenters. The molecule has 0 bridgehead atoms. The first kappa shape index (κ1) is 16.4. The zero-order valence-corrected chi connectivity index (χ0v) is 13.4. The van der Waals surface area contributed by atoms with E-state index in [0.717, 1.165) is 11.1 Å². The summed E-state index contributed by atoms with van der Waals surface area (Å²) in [6.07, 6.45) is 0. The number of carbonyl (C=O) groups excluding carboxylic acids is 1. The van der Waals surface area contributed by atoms with Crippen molar-refractivity contribution in [1.82, 2.24) is 15.1 Å². The summed E-state index contributed by atoms with van der Waals surface area (Å²) in [5.74, 6) is 0.387. The first-order valence-corrected chi connectivity index (χ1v) is 6.69. The van der Waals surface area contributed by atoms with Gasteiger partial charge in [-0.25, -0.2) is 4.79 Å². The molecular weight excluding hydrogens is 276 g/mol. The molecule has 1 aromatic rings. The molecule has 0 aromatic carbocycles. The highest BCUT2D eigenvalue weighted by Crippen LogP contribution is 2.28. The molecule has 5 nitrogen and oxygen atoms in total. The largest absolute Gasteiger partial charge is 0.324 e. The predicted molar refractivity (Wildman–Crippen MR) is 82.2 cm³/mol. The average Bonchev–Trinajstić information content (AvgIpc) is 2.29. The van der Waals surface area contributed by atoms with E-state index in [1.165, 1.54) is 4.90 Å². The Kier molecular flexibility index (Phi) is 5.11. The Hall–Kier alpha value is -1.62. The van der Waals surface area contributed by atoms with Gasteiger partial charge in [0.1, 0.15) is 0 Å². The molecule has 110 valence electrons. The Bertz CT molecular complexity index is 522. The highest BCUT2D eigenvalue weighted by Gasteiger charge is 2.20. The van der Waals surface area contributed by atoms with Gasteiger partial charge in [-0.3, -0.25) is 5.32 Å². The number of aromatic nitrogens is 2. The number of anilines is 1. The van der Waals surface area contributed by atoms with Crippen molar-refractivity contribution in [3.8, 4) is 0 Å². The van der Waals surface area contributed by atoms with Crippen molar-refractivity contribution in [2.45, 2.75) is 33.1 Å². The maximum Gasteiger partial charge on any atom is 0.323 e. The molecule has 1 aromatic heterocycles. The normalized spacial score (nSPS) is 11.1. The quantitative estimate of drug-likeness (QED) is 0.869. The third-order valence-electron chi connectivity index (χ3n) is 2.65. The molecule has 1 heterocycles. The lowest BCUT2D eigenvalue weighted by atomic mass is 9.88. The van der Waals surface area contributed by atoms with Gasteiger partial charge < -0.3 is 4.90 Å². The second-order valence-corrected chi connectivity index (χ2v) is 6.29. The van der Waals surface area contributed by atoms with E-state index < -0.39 is 0 Å². The molecule has 0 unspecified atom stereocenters. The van der Waals surface area contributed by atoms with Crippen LogP contribution in [-0.2, 0) is 5.41 Å². The number of likely N-dealkylation sites (N-methyl/N-ethyl adjacent to an activating group) is 1. The van der Waals surface area contributed by atoms with Gasteiger partial charge in [-0.05, 0) is 18.4 Å². The summed E-state index contributed by atoms with van der Waals surface area (Å²) in [6.45, 7) is 12.2. The maximum atomic E-state index is 12.0. The second kappa shape index (κ2) is 6.22. The van der Waals surface area contributed by atoms with Gasteiger partial charge in [0, 0.05) is 19.2 Å². The predicted octanol–water partition coefficient (Wildman–Crippen LogP) is 3.47. The van der Waals surface area contributed by atoms with Crippen LogP contribution >= 0.6 is 11.6 Å². The van der Waals surface area contributed by atoms with Crippen LogP contribution in [0.4, 0.5) is 10.6 Å². The molecule has 1 N–H and O–H groups in total. The number of amides is 2. The molecule has 0 fully saturated rings. The van der Waals surface area contributed by atoms with Gasteiger partial charge >= 0.3 is 6.03 Å².